The molecule has 13 heteroatoms. The SMILES string of the molecule is C=C(C)[C@@H](O)c1cc(C(=O)c2cncnc2N[C@@H]2C[C@H](O)[C@H](OS(=O)(=O)NC)C2)sc1Cl. The van der Waals surface area contributed by atoms with Crippen LogP contribution in [0.3, 0.4) is 0 Å². The predicted molar refractivity (Wildman–Crippen MR) is 120 cm³/mol. The van der Waals surface area contributed by atoms with Crippen molar-refractivity contribution in [2.24, 2.45) is 0 Å². The number of carbonyl (C=O) groups is 1. The molecule has 2 aromatic rings. The first kappa shape index (κ1) is 24.7. The van der Waals surface area contributed by atoms with E-state index in [4.69, 9.17) is 15.8 Å². The first-order valence-corrected chi connectivity index (χ1v) is 12.2. The molecule has 0 bridgehead atoms. The van der Waals surface area contributed by atoms with E-state index in [1.165, 1.54) is 25.6 Å². The summed E-state index contributed by atoms with van der Waals surface area (Å²) in [6, 6.07) is 1.12. The van der Waals surface area contributed by atoms with Crippen LogP contribution in [-0.4, -0.2) is 59.7 Å². The van der Waals surface area contributed by atoms with Crippen molar-refractivity contribution in [1.29, 1.82) is 0 Å². The largest absolute Gasteiger partial charge is 0.390 e. The maximum Gasteiger partial charge on any atom is 0.335 e. The number of aliphatic hydroxyl groups is 2. The fourth-order valence-corrected chi connectivity index (χ4v) is 5.20. The lowest BCUT2D eigenvalue weighted by atomic mass is 10.1. The summed E-state index contributed by atoms with van der Waals surface area (Å²) in [6.45, 7) is 5.36. The molecule has 1 fully saturated rings. The van der Waals surface area contributed by atoms with Crippen molar-refractivity contribution in [2.75, 3.05) is 12.4 Å². The van der Waals surface area contributed by atoms with Crippen molar-refractivity contribution in [1.82, 2.24) is 14.7 Å². The Bertz CT molecular complexity index is 1120. The lowest BCUT2D eigenvalue weighted by Gasteiger charge is -2.15. The van der Waals surface area contributed by atoms with Gasteiger partial charge in [0.05, 0.1) is 20.9 Å². The van der Waals surface area contributed by atoms with Crippen molar-refractivity contribution in [2.45, 2.75) is 44.1 Å². The number of hydrogen-bond acceptors (Lipinski definition) is 10. The first-order chi connectivity index (χ1) is 15.0. The van der Waals surface area contributed by atoms with Gasteiger partial charge in [-0.25, -0.2) is 9.97 Å². The molecule has 32 heavy (non-hydrogen) atoms. The molecule has 0 saturated heterocycles. The summed E-state index contributed by atoms with van der Waals surface area (Å²) in [5.74, 6) is -0.171. The zero-order valence-corrected chi connectivity index (χ0v) is 19.7. The lowest BCUT2D eigenvalue weighted by Crippen LogP contribution is -2.31. The highest BCUT2D eigenvalue weighted by Gasteiger charge is 2.37. The van der Waals surface area contributed by atoms with Gasteiger partial charge >= 0.3 is 10.3 Å². The number of halogens is 1. The van der Waals surface area contributed by atoms with E-state index in [1.54, 1.807) is 6.92 Å². The Kier molecular flexibility index (Phi) is 7.65. The van der Waals surface area contributed by atoms with Crippen LogP contribution in [0, 0.1) is 0 Å². The number of carbonyl (C=O) groups excluding carboxylic acids is 1. The standard InChI is InChI=1S/C19H23ClN4O6S2/c1-9(2)16(26)11-6-15(31-18(11)20)17(27)12-7-22-8-23-19(12)24-10-4-13(25)14(5-10)30-32(28,29)21-3/h6-8,10,13-14,16,21,25-26H,1,4-5H2,2-3H3,(H,22,23,24)/t10-,13+,14-,16-/m1/s1. The van der Waals surface area contributed by atoms with Crippen LogP contribution in [0.2, 0.25) is 4.34 Å². The highest BCUT2D eigenvalue weighted by atomic mass is 35.5. The molecule has 0 aromatic carbocycles. The van der Waals surface area contributed by atoms with Crippen molar-refractivity contribution in [3.8, 4) is 0 Å². The van der Waals surface area contributed by atoms with Gasteiger partial charge in [0.15, 0.2) is 0 Å². The van der Waals surface area contributed by atoms with E-state index < -0.39 is 40.4 Å². The van der Waals surface area contributed by atoms with Gasteiger partial charge in [0.2, 0.25) is 5.78 Å². The van der Waals surface area contributed by atoms with Gasteiger partial charge < -0.3 is 15.5 Å². The second kappa shape index (κ2) is 9.91. The lowest BCUT2D eigenvalue weighted by molar-refractivity contribution is 0.0636. The van der Waals surface area contributed by atoms with Crippen LogP contribution in [0.15, 0.2) is 30.7 Å². The minimum Gasteiger partial charge on any atom is -0.390 e. The summed E-state index contributed by atoms with van der Waals surface area (Å²) in [4.78, 5) is 21.5. The molecule has 0 unspecified atom stereocenters. The minimum absolute atomic E-state index is 0.170. The Morgan fingerprint density at radius 2 is 2.16 bits per heavy atom. The third-order valence-corrected chi connectivity index (χ3v) is 7.36. The monoisotopic (exact) mass is 502 g/mol. The Hall–Kier alpha value is -1.93. The topological polar surface area (TPSA) is 151 Å². The summed E-state index contributed by atoms with van der Waals surface area (Å²) >= 11 is 7.23. The Balaban J connectivity index is 1.79. The maximum atomic E-state index is 13.1. The fourth-order valence-electron chi connectivity index (χ4n) is 3.29. The van der Waals surface area contributed by atoms with E-state index in [-0.39, 0.29) is 33.4 Å². The second-order valence-electron chi connectivity index (χ2n) is 7.38. The molecule has 174 valence electrons. The van der Waals surface area contributed by atoms with E-state index in [0.717, 1.165) is 11.3 Å². The van der Waals surface area contributed by atoms with E-state index in [0.29, 0.717) is 11.1 Å². The molecule has 0 spiro atoms. The quantitative estimate of drug-likeness (QED) is 0.297. The number of rotatable bonds is 9. The normalized spacial score (nSPS) is 22.0. The highest BCUT2D eigenvalue weighted by molar-refractivity contribution is 7.84. The molecule has 1 aliphatic carbocycles. The average Bonchev–Trinajstić information content (AvgIpc) is 3.29. The Morgan fingerprint density at radius 1 is 1.44 bits per heavy atom. The van der Waals surface area contributed by atoms with E-state index in [2.05, 4.69) is 21.9 Å². The summed E-state index contributed by atoms with van der Waals surface area (Å²) in [5, 5.41) is 23.5. The summed E-state index contributed by atoms with van der Waals surface area (Å²) in [6.07, 6.45) is 0.0516. The van der Waals surface area contributed by atoms with Gasteiger partial charge in [0, 0.05) is 24.8 Å². The molecular formula is C19H23ClN4O6S2. The molecule has 2 aromatic heterocycles. The number of hydrogen-bond donors (Lipinski definition) is 4. The summed E-state index contributed by atoms with van der Waals surface area (Å²) < 4.78 is 30.5. The van der Waals surface area contributed by atoms with E-state index >= 15 is 0 Å². The average molecular weight is 503 g/mol. The number of aromatic nitrogens is 2. The van der Waals surface area contributed by atoms with Crippen LogP contribution in [0.5, 0.6) is 0 Å². The first-order valence-electron chi connectivity index (χ1n) is 9.56. The zero-order valence-electron chi connectivity index (χ0n) is 17.3. The van der Waals surface area contributed by atoms with E-state index in [9.17, 15) is 23.4 Å². The smallest absolute Gasteiger partial charge is 0.335 e. The fraction of sp³-hybridized carbons (Fsp3) is 0.421. The third kappa shape index (κ3) is 5.52. The van der Waals surface area contributed by atoms with Gasteiger partial charge in [-0.2, -0.15) is 13.1 Å². The second-order valence-corrected chi connectivity index (χ2v) is 10.5. The highest BCUT2D eigenvalue weighted by Crippen LogP contribution is 2.36. The van der Waals surface area contributed by atoms with Gasteiger partial charge in [-0.1, -0.05) is 18.2 Å². The molecule has 0 radical (unpaired) electrons. The maximum absolute atomic E-state index is 13.1. The Morgan fingerprint density at radius 3 is 2.81 bits per heavy atom. The summed E-state index contributed by atoms with van der Waals surface area (Å²) in [5.41, 5.74) is 1.05. The van der Waals surface area contributed by atoms with Crippen LogP contribution < -0.4 is 10.0 Å². The van der Waals surface area contributed by atoms with Crippen LogP contribution in [0.25, 0.3) is 0 Å². The van der Waals surface area contributed by atoms with Crippen LogP contribution in [0.1, 0.15) is 46.7 Å². The molecular weight excluding hydrogens is 480 g/mol. The van der Waals surface area contributed by atoms with Crippen molar-refractivity contribution in [3.05, 3.63) is 51.1 Å². The van der Waals surface area contributed by atoms with Crippen molar-refractivity contribution in [3.63, 3.8) is 0 Å². The van der Waals surface area contributed by atoms with Crippen molar-refractivity contribution >= 4 is 44.8 Å². The molecule has 4 atom stereocenters. The van der Waals surface area contributed by atoms with Gasteiger partial charge in [0.1, 0.15) is 24.4 Å². The Labute approximate surface area is 194 Å². The third-order valence-electron chi connectivity index (χ3n) is 4.97. The number of nitrogens with one attached hydrogen (secondary N) is 2. The number of nitrogens with zero attached hydrogens (tertiary/aromatic N) is 2. The van der Waals surface area contributed by atoms with Gasteiger partial charge in [0.25, 0.3) is 0 Å². The zero-order chi connectivity index (χ0) is 23.6. The molecule has 0 aliphatic heterocycles. The molecule has 0 amide bonds. The number of thiophene rings is 1. The van der Waals surface area contributed by atoms with Crippen LogP contribution in [-0.2, 0) is 14.5 Å². The number of ketones is 1. The van der Waals surface area contributed by atoms with Gasteiger partial charge in [-0.05, 0) is 31.4 Å². The molecule has 4 N–H and O–H groups in total. The van der Waals surface area contributed by atoms with E-state index in [1.807, 2.05) is 4.72 Å². The molecule has 2 heterocycles. The summed E-state index contributed by atoms with van der Waals surface area (Å²) in [7, 11) is -2.75. The molecule has 1 aliphatic rings. The number of aliphatic hydroxyl groups excluding tert-OH is 2. The van der Waals surface area contributed by atoms with Crippen molar-refractivity contribution < 1.29 is 27.6 Å². The molecule has 1 saturated carbocycles. The number of anilines is 1. The van der Waals surface area contributed by atoms with Gasteiger partial charge in [-0.3, -0.25) is 8.98 Å². The molecule has 3 rings (SSSR count). The van der Waals surface area contributed by atoms with Gasteiger partial charge in [-0.15, -0.1) is 11.3 Å². The minimum atomic E-state index is -3.96. The van der Waals surface area contributed by atoms with Crippen LogP contribution in [0.4, 0.5) is 5.82 Å². The predicted octanol–water partition coefficient (Wildman–Crippen LogP) is 1.82. The van der Waals surface area contributed by atoms with Crippen LogP contribution >= 0.6 is 22.9 Å². The molecule has 10 nitrogen and oxygen atoms in total.